The molecule has 0 aromatic heterocycles. The van der Waals surface area contributed by atoms with Gasteiger partial charge in [-0.3, -0.25) is 9.59 Å². The number of ether oxygens (including phenoxy) is 1. The van der Waals surface area contributed by atoms with Gasteiger partial charge in [-0.25, -0.2) is 8.42 Å². The summed E-state index contributed by atoms with van der Waals surface area (Å²) in [6.07, 6.45) is 0.833. The third-order valence-corrected chi connectivity index (χ3v) is 7.70. The van der Waals surface area contributed by atoms with Crippen LogP contribution in [0, 0.1) is 11.8 Å². The minimum absolute atomic E-state index is 0.121. The van der Waals surface area contributed by atoms with E-state index < -0.39 is 10.0 Å². The first-order valence-corrected chi connectivity index (χ1v) is 12.7. The Kier molecular flexibility index (Phi) is 8.15. The monoisotopic (exact) mass is 492 g/mol. The van der Waals surface area contributed by atoms with Crippen molar-refractivity contribution in [3.8, 4) is 5.75 Å². The molecule has 1 aliphatic heterocycles. The zero-order chi connectivity index (χ0) is 24.2. The molecule has 0 bridgehead atoms. The number of carbonyl (C=O) groups excluding carboxylic acids is 2. The van der Waals surface area contributed by atoms with Gasteiger partial charge in [0, 0.05) is 30.3 Å². The van der Waals surface area contributed by atoms with Gasteiger partial charge in [0.25, 0.3) is 0 Å². The summed E-state index contributed by atoms with van der Waals surface area (Å²) in [5.41, 5.74) is 1.03. The number of Topliss-reactive ketones (excluding diaryl/α,β-unsaturated/α-hetero) is 1. The van der Waals surface area contributed by atoms with Crippen LogP contribution >= 0.6 is 11.6 Å². The first-order chi connectivity index (χ1) is 15.6. The number of hydrogen-bond acceptors (Lipinski definition) is 5. The number of nitrogens with zero attached hydrogens (tertiary/aromatic N) is 1. The second-order valence-electron chi connectivity index (χ2n) is 8.60. The first kappa shape index (κ1) is 25.2. The average Bonchev–Trinajstić information content (AvgIpc) is 2.78. The lowest BCUT2D eigenvalue weighted by Gasteiger charge is -2.30. The van der Waals surface area contributed by atoms with Gasteiger partial charge in [0.05, 0.1) is 16.5 Å². The largest absolute Gasteiger partial charge is 0.492 e. The van der Waals surface area contributed by atoms with Gasteiger partial charge in [-0.2, -0.15) is 4.31 Å². The molecular weight excluding hydrogens is 464 g/mol. The maximum absolute atomic E-state index is 12.9. The van der Waals surface area contributed by atoms with Gasteiger partial charge in [-0.05, 0) is 56.0 Å². The number of sulfonamides is 1. The van der Waals surface area contributed by atoms with Crippen LogP contribution in [0.4, 0.5) is 5.69 Å². The van der Waals surface area contributed by atoms with Gasteiger partial charge < -0.3 is 10.1 Å². The second kappa shape index (κ2) is 10.7. The summed E-state index contributed by atoms with van der Waals surface area (Å²) in [6, 6.07) is 11.0. The highest BCUT2D eigenvalue weighted by molar-refractivity contribution is 7.89. The normalized spacial score (nSPS) is 15.4. The van der Waals surface area contributed by atoms with Crippen molar-refractivity contribution in [1.82, 2.24) is 4.31 Å². The Bertz CT molecular complexity index is 1110. The number of halogens is 1. The number of piperidine rings is 1. The van der Waals surface area contributed by atoms with Crippen LogP contribution < -0.4 is 10.1 Å². The molecule has 178 valence electrons. The lowest BCUT2D eigenvalue weighted by atomic mass is 9.97. The fraction of sp³-hybridized carbons (Fsp3) is 0.417. The summed E-state index contributed by atoms with van der Waals surface area (Å²) >= 11 is 6.27. The van der Waals surface area contributed by atoms with E-state index in [1.807, 2.05) is 13.8 Å². The maximum Gasteiger partial charge on any atom is 0.243 e. The third-order valence-electron chi connectivity index (χ3n) is 5.49. The fourth-order valence-corrected chi connectivity index (χ4v) is 5.27. The predicted molar refractivity (Wildman–Crippen MR) is 128 cm³/mol. The Hall–Kier alpha value is -2.42. The number of amides is 1. The fourth-order valence-electron chi connectivity index (χ4n) is 3.57. The van der Waals surface area contributed by atoms with Crippen LogP contribution in [0.1, 0.15) is 44.0 Å². The third kappa shape index (κ3) is 6.34. The summed E-state index contributed by atoms with van der Waals surface area (Å²) in [6.45, 7) is 6.57. The van der Waals surface area contributed by atoms with Gasteiger partial charge in [0.2, 0.25) is 15.9 Å². The number of rotatable bonds is 8. The quantitative estimate of drug-likeness (QED) is 0.543. The van der Waals surface area contributed by atoms with E-state index in [2.05, 4.69) is 5.32 Å². The SMILES string of the molecule is CC(=O)c1ccc(S(=O)(=O)N2CCC(C(=O)Nc3ccc(OCC(C)C)c(Cl)c3)CC2)cc1. The molecular formula is C24H29ClN2O5S. The van der Waals surface area contributed by atoms with Crippen molar-refractivity contribution in [3.63, 3.8) is 0 Å². The minimum Gasteiger partial charge on any atom is -0.492 e. The molecule has 2 aromatic rings. The van der Waals surface area contributed by atoms with Crippen molar-refractivity contribution in [2.75, 3.05) is 25.0 Å². The molecule has 3 rings (SSSR count). The van der Waals surface area contributed by atoms with Crippen molar-refractivity contribution < 1.29 is 22.7 Å². The van der Waals surface area contributed by atoms with Gasteiger partial charge in [-0.1, -0.05) is 37.6 Å². The van der Waals surface area contributed by atoms with E-state index in [9.17, 15) is 18.0 Å². The zero-order valence-electron chi connectivity index (χ0n) is 19.0. The van der Waals surface area contributed by atoms with Crippen LogP contribution in [0.2, 0.25) is 5.02 Å². The van der Waals surface area contributed by atoms with E-state index >= 15 is 0 Å². The number of anilines is 1. The lowest BCUT2D eigenvalue weighted by Crippen LogP contribution is -2.41. The molecule has 1 heterocycles. The number of benzene rings is 2. The Labute approximate surface area is 200 Å². The van der Waals surface area contributed by atoms with E-state index in [-0.39, 0.29) is 35.6 Å². The Balaban J connectivity index is 1.57. The van der Waals surface area contributed by atoms with E-state index in [1.165, 1.54) is 35.5 Å². The van der Waals surface area contributed by atoms with E-state index in [1.54, 1.807) is 18.2 Å². The van der Waals surface area contributed by atoms with Crippen LogP contribution in [-0.4, -0.2) is 44.1 Å². The van der Waals surface area contributed by atoms with Crippen molar-refractivity contribution in [2.24, 2.45) is 11.8 Å². The Morgan fingerprint density at radius 2 is 1.76 bits per heavy atom. The topological polar surface area (TPSA) is 92.8 Å². The van der Waals surface area contributed by atoms with Crippen molar-refractivity contribution in [1.29, 1.82) is 0 Å². The molecule has 0 saturated carbocycles. The molecule has 0 radical (unpaired) electrons. The van der Waals surface area contributed by atoms with E-state index in [0.29, 0.717) is 47.4 Å². The van der Waals surface area contributed by atoms with Crippen LogP contribution in [0.3, 0.4) is 0 Å². The molecule has 1 aliphatic rings. The minimum atomic E-state index is -3.68. The maximum atomic E-state index is 12.9. The highest BCUT2D eigenvalue weighted by Crippen LogP contribution is 2.29. The molecule has 0 atom stereocenters. The highest BCUT2D eigenvalue weighted by Gasteiger charge is 2.32. The molecule has 2 aromatic carbocycles. The lowest BCUT2D eigenvalue weighted by molar-refractivity contribution is -0.120. The standard InChI is InChI=1S/C24H29ClN2O5S/c1-16(2)15-32-23-9-6-20(14-22(23)25)26-24(29)19-10-12-27(13-11-19)33(30,31)21-7-4-18(5-8-21)17(3)28/h4-9,14,16,19H,10-13,15H2,1-3H3,(H,26,29). The molecule has 33 heavy (non-hydrogen) atoms. The van der Waals surface area contributed by atoms with Crippen molar-refractivity contribution >= 4 is 39.0 Å². The van der Waals surface area contributed by atoms with Crippen LogP contribution in [-0.2, 0) is 14.8 Å². The number of carbonyl (C=O) groups is 2. The molecule has 1 saturated heterocycles. The molecule has 1 fully saturated rings. The number of hydrogen-bond donors (Lipinski definition) is 1. The predicted octanol–water partition coefficient (Wildman–Crippen LogP) is 4.62. The number of ketones is 1. The van der Waals surface area contributed by atoms with Crippen LogP contribution in [0.5, 0.6) is 5.75 Å². The summed E-state index contributed by atoms with van der Waals surface area (Å²) in [5.74, 6) is 0.356. The van der Waals surface area contributed by atoms with Gasteiger partial charge in [-0.15, -0.1) is 0 Å². The summed E-state index contributed by atoms with van der Waals surface area (Å²) in [5, 5.41) is 3.29. The molecule has 0 aliphatic carbocycles. The molecule has 1 amide bonds. The van der Waals surface area contributed by atoms with Crippen molar-refractivity contribution in [2.45, 2.75) is 38.5 Å². The Morgan fingerprint density at radius 1 is 1.12 bits per heavy atom. The van der Waals surface area contributed by atoms with Crippen LogP contribution in [0.25, 0.3) is 0 Å². The first-order valence-electron chi connectivity index (χ1n) is 10.9. The molecule has 1 N–H and O–H groups in total. The van der Waals surface area contributed by atoms with E-state index in [0.717, 1.165) is 0 Å². The van der Waals surface area contributed by atoms with E-state index in [4.69, 9.17) is 16.3 Å². The van der Waals surface area contributed by atoms with Crippen LogP contribution in [0.15, 0.2) is 47.4 Å². The smallest absolute Gasteiger partial charge is 0.243 e. The van der Waals surface area contributed by atoms with Gasteiger partial charge in [0.1, 0.15) is 5.75 Å². The zero-order valence-corrected chi connectivity index (χ0v) is 20.6. The summed E-state index contributed by atoms with van der Waals surface area (Å²) in [4.78, 5) is 24.3. The average molecular weight is 493 g/mol. The molecule has 0 spiro atoms. The molecule has 0 unspecified atom stereocenters. The van der Waals surface area contributed by atoms with Gasteiger partial charge in [0.15, 0.2) is 5.78 Å². The molecule has 9 heteroatoms. The summed E-state index contributed by atoms with van der Waals surface area (Å²) in [7, 11) is -3.68. The Morgan fingerprint density at radius 3 is 2.30 bits per heavy atom. The van der Waals surface area contributed by atoms with Gasteiger partial charge >= 0.3 is 0 Å². The second-order valence-corrected chi connectivity index (χ2v) is 10.9. The highest BCUT2D eigenvalue weighted by atomic mass is 35.5. The van der Waals surface area contributed by atoms with Crippen molar-refractivity contribution in [3.05, 3.63) is 53.1 Å². The number of nitrogens with one attached hydrogen (secondary N) is 1. The summed E-state index contributed by atoms with van der Waals surface area (Å²) < 4.78 is 32.9. The molecule has 7 nitrogen and oxygen atoms in total.